The van der Waals surface area contributed by atoms with Gasteiger partial charge in [-0.3, -0.25) is 4.98 Å². The summed E-state index contributed by atoms with van der Waals surface area (Å²) in [5, 5.41) is 0. The minimum Gasteiger partial charge on any atom is -0.481 e. The van der Waals surface area contributed by atoms with Gasteiger partial charge in [-0.25, -0.2) is 0 Å². The summed E-state index contributed by atoms with van der Waals surface area (Å²) < 4.78 is 7.04. The first kappa shape index (κ1) is 15.0. The third-order valence-electron chi connectivity index (χ3n) is 3.18. The normalized spacial score (nSPS) is 13.8. The van der Waals surface area contributed by atoms with Crippen LogP contribution in [0, 0.1) is 6.92 Å². The average Bonchev–Trinajstić information content (AvgIpc) is 2.46. The van der Waals surface area contributed by atoms with Gasteiger partial charge in [-0.05, 0) is 59.1 Å². The van der Waals surface area contributed by atoms with Crippen LogP contribution in [0.3, 0.4) is 0 Å². The molecule has 2 unspecified atom stereocenters. The molecule has 106 valence electrons. The molecular formula is C16H19BrN2O. The van der Waals surface area contributed by atoms with Crippen LogP contribution in [0.15, 0.2) is 47.1 Å². The van der Waals surface area contributed by atoms with Crippen LogP contribution < -0.4 is 10.5 Å². The molecule has 0 fully saturated rings. The Balaban J connectivity index is 2.29. The van der Waals surface area contributed by atoms with Gasteiger partial charge in [0.1, 0.15) is 5.75 Å². The van der Waals surface area contributed by atoms with Crippen molar-refractivity contribution in [1.29, 1.82) is 0 Å². The Morgan fingerprint density at radius 3 is 2.70 bits per heavy atom. The minimum absolute atomic E-state index is 0.0990. The first-order chi connectivity index (χ1) is 9.61. The maximum Gasteiger partial charge on any atom is 0.155 e. The van der Waals surface area contributed by atoms with E-state index in [1.54, 1.807) is 6.20 Å². The molecule has 0 saturated carbocycles. The molecule has 2 atom stereocenters. The van der Waals surface area contributed by atoms with Gasteiger partial charge in [0.2, 0.25) is 0 Å². The first-order valence-electron chi connectivity index (χ1n) is 6.71. The number of aromatic nitrogens is 1. The van der Waals surface area contributed by atoms with Crippen molar-refractivity contribution in [2.75, 3.05) is 0 Å². The van der Waals surface area contributed by atoms with E-state index >= 15 is 0 Å². The van der Waals surface area contributed by atoms with E-state index in [1.165, 1.54) is 5.56 Å². The third kappa shape index (κ3) is 3.58. The summed E-state index contributed by atoms with van der Waals surface area (Å²) in [7, 11) is 0. The number of nitrogens with zero attached hydrogens (tertiary/aromatic N) is 1. The largest absolute Gasteiger partial charge is 0.481 e. The Hall–Kier alpha value is -1.39. The Kier molecular flexibility index (Phi) is 5.15. The minimum atomic E-state index is -0.250. The van der Waals surface area contributed by atoms with Crippen molar-refractivity contribution < 1.29 is 4.74 Å². The van der Waals surface area contributed by atoms with Crippen LogP contribution in [0.4, 0.5) is 0 Å². The predicted molar refractivity (Wildman–Crippen MR) is 84.8 cm³/mol. The predicted octanol–water partition coefficient (Wildman–Crippen LogP) is 4.01. The van der Waals surface area contributed by atoms with Crippen LogP contribution in [0.5, 0.6) is 5.75 Å². The van der Waals surface area contributed by atoms with Crippen LogP contribution in [0.25, 0.3) is 0 Å². The fraction of sp³-hybridized carbons (Fsp3) is 0.312. The highest BCUT2D eigenvalue weighted by atomic mass is 79.9. The fourth-order valence-corrected chi connectivity index (χ4v) is 2.55. The first-order valence-corrected chi connectivity index (χ1v) is 7.50. The lowest BCUT2D eigenvalue weighted by molar-refractivity contribution is 0.165. The zero-order valence-electron chi connectivity index (χ0n) is 11.7. The van der Waals surface area contributed by atoms with Crippen molar-refractivity contribution in [3.05, 3.63) is 58.3 Å². The Morgan fingerprint density at radius 2 is 2.10 bits per heavy atom. The molecule has 2 rings (SSSR count). The molecule has 2 N–H and O–H groups in total. The zero-order chi connectivity index (χ0) is 14.5. The van der Waals surface area contributed by atoms with E-state index in [4.69, 9.17) is 10.5 Å². The summed E-state index contributed by atoms with van der Waals surface area (Å²) in [4.78, 5) is 4.37. The van der Waals surface area contributed by atoms with E-state index in [2.05, 4.69) is 20.9 Å². The average molecular weight is 335 g/mol. The standard InChI is InChI=1S/C16H19BrN2O/c1-3-13(18)16(14-6-4-5-9-19-14)20-15-8-7-11(2)10-12(15)17/h4-10,13,16H,3,18H2,1-2H3. The maximum absolute atomic E-state index is 6.20. The molecule has 0 amide bonds. The lowest BCUT2D eigenvalue weighted by atomic mass is 10.1. The highest BCUT2D eigenvalue weighted by molar-refractivity contribution is 9.10. The highest BCUT2D eigenvalue weighted by Crippen LogP contribution is 2.31. The molecule has 1 aromatic heterocycles. The van der Waals surface area contributed by atoms with Crippen LogP contribution in [0.1, 0.15) is 30.7 Å². The summed E-state index contributed by atoms with van der Waals surface area (Å²) in [6.45, 7) is 4.09. The second-order valence-corrected chi connectivity index (χ2v) is 5.65. The molecule has 0 spiro atoms. The Bertz CT molecular complexity index is 560. The highest BCUT2D eigenvalue weighted by Gasteiger charge is 2.22. The van der Waals surface area contributed by atoms with Gasteiger partial charge in [-0.2, -0.15) is 0 Å². The number of rotatable bonds is 5. The van der Waals surface area contributed by atoms with Crippen molar-refractivity contribution in [2.24, 2.45) is 5.73 Å². The quantitative estimate of drug-likeness (QED) is 0.898. The zero-order valence-corrected chi connectivity index (χ0v) is 13.3. The smallest absolute Gasteiger partial charge is 0.155 e. The van der Waals surface area contributed by atoms with Gasteiger partial charge < -0.3 is 10.5 Å². The number of halogens is 1. The number of aryl methyl sites for hydroxylation is 1. The second-order valence-electron chi connectivity index (χ2n) is 4.80. The Labute approximate surface area is 128 Å². The molecule has 0 radical (unpaired) electrons. The second kappa shape index (κ2) is 6.86. The third-order valence-corrected chi connectivity index (χ3v) is 3.80. The summed E-state index contributed by atoms with van der Waals surface area (Å²) in [5.74, 6) is 0.787. The van der Waals surface area contributed by atoms with Gasteiger partial charge in [-0.15, -0.1) is 0 Å². The van der Waals surface area contributed by atoms with Crippen molar-refractivity contribution in [1.82, 2.24) is 4.98 Å². The number of hydrogen-bond donors (Lipinski definition) is 1. The van der Waals surface area contributed by atoms with Gasteiger partial charge >= 0.3 is 0 Å². The van der Waals surface area contributed by atoms with Crippen LogP contribution >= 0.6 is 15.9 Å². The van der Waals surface area contributed by atoms with Crippen LogP contribution in [-0.4, -0.2) is 11.0 Å². The van der Waals surface area contributed by atoms with Crippen molar-refractivity contribution in [2.45, 2.75) is 32.4 Å². The molecule has 3 nitrogen and oxygen atoms in total. The molecular weight excluding hydrogens is 316 g/mol. The molecule has 1 heterocycles. The molecule has 1 aromatic carbocycles. The van der Waals surface area contributed by atoms with E-state index in [0.717, 1.165) is 22.3 Å². The number of pyridine rings is 1. The topological polar surface area (TPSA) is 48.1 Å². The van der Waals surface area contributed by atoms with E-state index in [9.17, 15) is 0 Å². The van der Waals surface area contributed by atoms with Crippen LogP contribution in [0.2, 0.25) is 0 Å². The van der Waals surface area contributed by atoms with E-state index < -0.39 is 0 Å². The molecule has 20 heavy (non-hydrogen) atoms. The van der Waals surface area contributed by atoms with E-state index in [0.29, 0.717) is 0 Å². The van der Waals surface area contributed by atoms with Crippen molar-refractivity contribution in [3.8, 4) is 5.75 Å². The van der Waals surface area contributed by atoms with Crippen LogP contribution in [-0.2, 0) is 0 Å². The summed E-state index contributed by atoms with van der Waals surface area (Å²) in [6, 6.07) is 11.7. The molecule has 0 saturated heterocycles. The summed E-state index contributed by atoms with van der Waals surface area (Å²) in [5.41, 5.74) is 8.23. The van der Waals surface area contributed by atoms with Gasteiger partial charge in [0, 0.05) is 12.2 Å². The Morgan fingerprint density at radius 1 is 1.30 bits per heavy atom. The molecule has 0 aliphatic carbocycles. The number of nitrogens with two attached hydrogens (primary N) is 1. The lowest BCUT2D eigenvalue weighted by Crippen LogP contribution is -2.32. The van der Waals surface area contributed by atoms with E-state index in [-0.39, 0.29) is 12.1 Å². The van der Waals surface area contributed by atoms with Gasteiger partial charge in [0.25, 0.3) is 0 Å². The number of benzene rings is 1. The molecule has 0 bridgehead atoms. The molecule has 4 heteroatoms. The van der Waals surface area contributed by atoms with Crippen molar-refractivity contribution >= 4 is 15.9 Å². The molecule has 0 aliphatic rings. The summed E-state index contributed by atoms with van der Waals surface area (Å²) in [6.07, 6.45) is 2.34. The van der Waals surface area contributed by atoms with Gasteiger partial charge in [0.05, 0.1) is 10.2 Å². The number of hydrogen-bond acceptors (Lipinski definition) is 3. The maximum atomic E-state index is 6.20. The van der Waals surface area contributed by atoms with E-state index in [1.807, 2.05) is 50.2 Å². The van der Waals surface area contributed by atoms with Gasteiger partial charge in [-0.1, -0.05) is 19.1 Å². The lowest BCUT2D eigenvalue weighted by Gasteiger charge is -2.24. The fourth-order valence-electron chi connectivity index (χ4n) is 1.96. The monoisotopic (exact) mass is 334 g/mol. The number of ether oxygens (including phenoxy) is 1. The summed E-state index contributed by atoms with van der Waals surface area (Å²) >= 11 is 3.53. The van der Waals surface area contributed by atoms with Gasteiger partial charge in [0.15, 0.2) is 6.10 Å². The SMILES string of the molecule is CCC(N)C(Oc1ccc(C)cc1Br)c1ccccn1. The molecule has 0 aliphatic heterocycles. The van der Waals surface area contributed by atoms with Crippen molar-refractivity contribution in [3.63, 3.8) is 0 Å². The molecule has 2 aromatic rings.